The van der Waals surface area contributed by atoms with Crippen LogP contribution < -0.4 is 11.1 Å². The summed E-state index contributed by atoms with van der Waals surface area (Å²) < 4.78 is 10.2. The highest BCUT2D eigenvalue weighted by molar-refractivity contribution is 5.64. The number of nitrogens with one attached hydrogen (secondary N) is 1. The number of ether oxygens (including phenoxy) is 2. The Bertz CT molecular complexity index is 199. The van der Waals surface area contributed by atoms with E-state index in [1.807, 2.05) is 0 Å². The Morgan fingerprint density at radius 2 is 2.47 bits per heavy atom. The third-order valence-electron chi connectivity index (χ3n) is 2.60. The molecule has 1 aliphatic heterocycles. The van der Waals surface area contributed by atoms with Gasteiger partial charge in [0.1, 0.15) is 6.61 Å². The van der Waals surface area contributed by atoms with E-state index in [9.17, 15) is 4.79 Å². The van der Waals surface area contributed by atoms with E-state index >= 15 is 0 Å². The van der Waals surface area contributed by atoms with Gasteiger partial charge in [-0.2, -0.15) is 0 Å². The Balaban J connectivity index is 2.07. The molecular weight excluding hydrogens is 196 g/mol. The predicted octanol–water partition coefficient (Wildman–Crippen LogP) is 0.629. The normalized spacial score (nSPS) is 26.2. The van der Waals surface area contributed by atoms with Crippen molar-refractivity contribution in [1.82, 2.24) is 5.32 Å². The summed E-state index contributed by atoms with van der Waals surface area (Å²) in [5, 5.41) is 3.33. The van der Waals surface area contributed by atoms with Gasteiger partial charge >= 0.3 is 6.09 Å². The Labute approximate surface area is 90.3 Å². The highest BCUT2D eigenvalue weighted by atomic mass is 16.5. The predicted molar refractivity (Wildman–Crippen MR) is 56.6 cm³/mol. The second kappa shape index (κ2) is 6.63. The average molecular weight is 216 g/mol. The number of amides is 1. The van der Waals surface area contributed by atoms with Crippen molar-refractivity contribution < 1.29 is 14.3 Å². The van der Waals surface area contributed by atoms with Crippen LogP contribution in [0.1, 0.15) is 26.2 Å². The van der Waals surface area contributed by atoms with Crippen molar-refractivity contribution in [1.29, 1.82) is 0 Å². The number of rotatable bonds is 5. The van der Waals surface area contributed by atoms with Crippen molar-refractivity contribution in [2.24, 2.45) is 5.73 Å². The van der Waals surface area contributed by atoms with Crippen LogP contribution in [0.25, 0.3) is 0 Å². The van der Waals surface area contributed by atoms with Crippen molar-refractivity contribution >= 4 is 6.09 Å². The number of hydrogen-bond acceptors (Lipinski definition) is 4. The Hall–Kier alpha value is -0.810. The quantitative estimate of drug-likeness (QED) is 0.661. The molecule has 2 atom stereocenters. The summed E-state index contributed by atoms with van der Waals surface area (Å²) in [5.41, 5.74) is 4.85. The van der Waals surface area contributed by atoms with Crippen LogP contribution in [0.15, 0.2) is 0 Å². The van der Waals surface area contributed by atoms with Gasteiger partial charge in [0.25, 0.3) is 0 Å². The Morgan fingerprint density at radius 1 is 1.67 bits per heavy atom. The maximum absolute atomic E-state index is 10.3. The number of hydrogen-bond donors (Lipinski definition) is 2. The first-order valence-corrected chi connectivity index (χ1v) is 5.49. The second-order valence-electron chi connectivity index (χ2n) is 3.74. The standard InChI is InChI=1S/C10H20N2O3/c1-2-9-7-8(3-5-14-9)12-4-6-15-10(11)13/h8-9,12H,2-7H2,1H3,(H2,11,13). The zero-order valence-electron chi connectivity index (χ0n) is 9.20. The SMILES string of the molecule is CCC1CC(NCCOC(N)=O)CCO1. The largest absolute Gasteiger partial charge is 0.448 e. The molecule has 5 heteroatoms. The van der Waals surface area contributed by atoms with E-state index in [1.165, 1.54) is 0 Å². The third-order valence-corrected chi connectivity index (χ3v) is 2.60. The molecule has 88 valence electrons. The average Bonchev–Trinajstić information content (AvgIpc) is 2.24. The highest BCUT2D eigenvalue weighted by Crippen LogP contribution is 2.15. The number of carbonyl (C=O) groups is 1. The molecule has 0 aromatic heterocycles. The molecule has 0 aromatic carbocycles. The van der Waals surface area contributed by atoms with Crippen LogP contribution in [0.5, 0.6) is 0 Å². The smallest absolute Gasteiger partial charge is 0.404 e. The van der Waals surface area contributed by atoms with Gasteiger partial charge in [-0.25, -0.2) is 4.79 Å². The van der Waals surface area contributed by atoms with Gasteiger partial charge in [0.15, 0.2) is 0 Å². The van der Waals surface area contributed by atoms with Gasteiger partial charge in [-0.05, 0) is 19.3 Å². The highest BCUT2D eigenvalue weighted by Gasteiger charge is 2.20. The lowest BCUT2D eigenvalue weighted by Crippen LogP contribution is -2.40. The van der Waals surface area contributed by atoms with E-state index < -0.39 is 6.09 Å². The summed E-state index contributed by atoms with van der Waals surface area (Å²) in [5.74, 6) is 0. The molecule has 0 aliphatic carbocycles. The molecule has 0 saturated carbocycles. The molecule has 3 N–H and O–H groups in total. The molecule has 1 amide bonds. The number of nitrogens with two attached hydrogens (primary N) is 1. The molecule has 0 spiro atoms. The van der Waals surface area contributed by atoms with Gasteiger partial charge in [0, 0.05) is 19.2 Å². The second-order valence-corrected chi connectivity index (χ2v) is 3.74. The molecule has 0 radical (unpaired) electrons. The van der Waals surface area contributed by atoms with Crippen LogP contribution in [0.2, 0.25) is 0 Å². The molecule has 0 bridgehead atoms. The van der Waals surface area contributed by atoms with Crippen molar-refractivity contribution in [2.75, 3.05) is 19.8 Å². The van der Waals surface area contributed by atoms with Crippen LogP contribution in [-0.2, 0) is 9.47 Å². The van der Waals surface area contributed by atoms with Gasteiger partial charge in [0.05, 0.1) is 6.10 Å². The van der Waals surface area contributed by atoms with E-state index in [0.29, 0.717) is 25.3 Å². The zero-order chi connectivity index (χ0) is 11.1. The van der Waals surface area contributed by atoms with Crippen molar-refractivity contribution in [3.8, 4) is 0 Å². The molecule has 1 heterocycles. The van der Waals surface area contributed by atoms with Crippen LogP contribution in [0.4, 0.5) is 4.79 Å². The topological polar surface area (TPSA) is 73.6 Å². The fraction of sp³-hybridized carbons (Fsp3) is 0.900. The molecule has 1 fully saturated rings. The monoisotopic (exact) mass is 216 g/mol. The third kappa shape index (κ3) is 4.99. The molecule has 1 aliphatic rings. The fourth-order valence-electron chi connectivity index (χ4n) is 1.76. The Kier molecular flexibility index (Phi) is 5.42. The lowest BCUT2D eigenvalue weighted by atomic mass is 10.0. The summed E-state index contributed by atoms with van der Waals surface area (Å²) in [7, 11) is 0. The minimum Gasteiger partial charge on any atom is -0.448 e. The van der Waals surface area contributed by atoms with E-state index in [4.69, 9.17) is 10.5 Å². The fourth-order valence-corrected chi connectivity index (χ4v) is 1.76. The molecule has 0 aromatic rings. The summed E-state index contributed by atoms with van der Waals surface area (Å²) in [6, 6.07) is 0.472. The molecular formula is C10H20N2O3. The molecule has 5 nitrogen and oxygen atoms in total. The van der Waals surface area contributed by atoms with Gasteiger partial charge in [0.2, 0.25) is 0 Å². The summed E-state index contributed by atoms with van der Waals surface area (Å²) >= 11 is 0. The first-order chi connectivity index (χ1) is 7.22. The summed E-state index contributed by atoms with van der Waals surface area (Å²) in [6.07, 6.45) is 2.76. The van der Waals surface area contributed by atoms with Crippen molar-refractivity contribution in [2.45, 2.75) is 38.3 Å². The molecule has 1 rings (SSSR count). The lowest BCUT2D eigenvalue weighted by Gasteiger charge is -2.29. The molecule has 15 heavy (non-hydrogen) atoms. The van der Waals surface area contributed by atoms with Crippen molar-refractivity contribution in [3.05, 3.63) is 0 Å². The van der Waals surface area contributed by atoms with Gasteiger partial charge < -0.3 is 20.5 Å². The van der Waals surface area contributed by atoms with E-state index in [2.05, 4.69) is 17.0 Å². The maximum Gasteiger partial charge on any atom is 0.404 e. The van der Waals surface area contributed by atoms with Crippen LogP contribution in [0, 0.1) is 0 Å². The first kappa shape index (κ1) is 12.3. The Morgan fingerprint density at radius 3 is 3.13 bits per heavy atom. The maximum atomic E-state index is 10.3. The van der Waals surface area contributed by atoms with Gasteiger partial charge in [-0.3, -0.25) is 0 Å². The minimum atomic E-state index is -0.713. The minimum absolute atomic E-state index is 0.337. The first-order valence-electron chi connectivity index (χ1n) is 5.49. The summed E-state index contributed by atoms with van der Waals surface area (Å²) in [6.45, 7) is 3.93. The van der Waals surface area contributed by atoms with E-state index in [0.717, 1.165) is 25.9 Å². The van der Waals surface area contributed by atoms with Crippen LogP contribution >= 0.6 is 0 Å². The van der Waals surface area contributed by atoms with Crippen LogP contribution in [-0.4, -0.2) is 38.0 Å². The van der Waals surface area contributed by atoms with Gasteiger partial charge in [-0.15, -0.1) is 0 Å². The van der Waals surface area contributed by atoms with Crippen LogP contribution in [0.3, 0.4) is 0 Å². The number of primary amides is 1. The van der Waals surface area contributed by atoms with Crippen molar-refractivity contribution in [3.63, 3.8) is 0 Å². The lowest BCUT2D eigenvalue weighted by molar-refractivity contribution is -0.000689. The van der Waals surface area contributed by atoms with E-state index in [-0.39, 0.29) is 0 Å². The zero-order valence-corrected chi connectivity index (χ0v) is 9.20. The van der Waals surface area contributed by atoms with Gasteiger partial charge in [-0.1, -0.05) is 6.92 Å². The molecule has 2 unspecified atom stereocenters. The molecule has 1 saturated heterocycles. The number of carbonyl (C=O) groups excluding carboxylic acids is 1. The van der Waals surface area contributed by atoms with E-state index in [1.54, 1.807) is 0 Å². The summed E-state index contributed by atoms with van der Waals surface area (Å²) in [4.78, 5) is 10.3.